The van der Waals surface area contributed by atoms with Crippen LogP contribution in [0.2, 0.25) is 0 Å². The maximum Gasteiger partial charge on any atom is 0 e. The van der Waals surface area contributed by atoms with Gasteiger partial charge in [0.1, 0.15) is 0 Å². The average Bonchev–Trinajstić information content (AvgIpc) is 2.69. The molecule has 0 amide bonds. The van der Waals surface area contributed by atoms with Gasteiger partial charge in [0, 0.05) is 16.8 Å². The zero-order valence-corrected chi connectivity index (χ0v) is 21.0. The van der Waals surface area contributed by atoms with Gasteiger partial charge in [-0.2, -0.15) is 0 Å². The van der Waals surface area contributed by atoms with Gasteiger partial charge in [0.05, 0.1) is 0 Å². The molecule has 0 aromatic rings. The van der Waals surface area contributed by atoms with Crippen LogP contribution < -0.4 is 0 Å². The quantitative estimate of drug-likeness (QED) is 0.305. The molecule has 0 nitrogen and oxygen atoms in total. The number of hydrogen-bond acceptors (Lipinski definition) is 0. The highest BCUT2D eigenvalue weighted by Gasteiger charge is 2.52. The zero-order chi connectivity index (χ0) is 18.3. The van der Waals surface area contributed by atoms with Gasteiger partial charge in [-0.3, -0.25) is 0 Å². The Morgan fingerprint density at radius 3 is 1.45 bits per heavy atom. The first-order valence-electron chi connectivity index (χ1n) is 12.7. The van der Waals surface area contributed by atoms with Crippen LogP contribution in [0.25, 0.3) is 0 Å². The van der Waals surface area contributed by atoms with E-state index in [0.717, 1.165) is 22.9 Å². The van der Waals surface area contributed by atoms with E-state index in [4.69, 9.17) is 0 Å². The molecule has 4 heteroatoms. The number of rotatable bonds is 6. The predicted molar refractivity (Wildman–Crippen MR) is 136 cm³/mol. The maximum atomic E-state index is 2.78. The SMILES string of the molecule is C[P@@](CCP(C1CCCCC1)C1CCCCC1)C12CC3CC(CC(C3)C1)C2.[B].[B]. The van der Waals surface area contributed by atoms with Gasteiger partial charge in [0.15, 0.2) is 0 Å². The molecule has 6 rings (SSSR count). The lowest BCUT2D eigenvalue weighted by molar-refractivity contribution is 0.0357. The van der Waals surface area contributed by atoms with Gasteiger partial charge in [-0.05, 0) is 117 Å². The molecule has 6 fully saturated rings. The van der Waals surface area contributed by atoms with E-state index < -0.39 is 0 Å². The molecule has 0 unspecified atom stereocenters. The minimum atomic E-state index is 0. The van der Waals surface area contributed by atoms with Crippen LogP contribution in [0.5, 0.6) is 0 Å². The Balaban J connectivity index is 0.00000120. The summed E-state index contributed by atoms with van der Waals surface area (Å²) in [5, 5.41) is 0.865. The summed E-state index contributed by atoms with van der Waals surface area (Å²) in [7, 11) is 0.632. The highest BCUT2D eigenvalue weighted by Crippen LogP contribution is 2.68. The molecule has 6 aliphatic carbocycles. The van der Waals surface area contributed by atoms with Gasteiger partial charge < -0.3 is 0 Å². The standard InChI is InChI=1S/C25H44P2.2B/c1-26(25-17-20-14-21(18-25)16-22(15-20)19-25)12-13-27(23-8-4-2-5-9-23)24-10-6-3-7-11-24;;/h20-24H,2-19H2,1H3;;/t20?,21?,22?,25?,26-;;/m0../s1. The van der Waals surface area contributed by atoms with E-state index in [1.807, 2.05) is 0 Å². The van der Waals surface area contributed by atoms with Crippen LogP contribution in [0, 0.1) is 17.8 Å². The monoisotopic (exact) mass is 428 g/mol. The van der Waals surface area contributed by atoms with E-state index in [2.05, 4.69) is 6.66 Å². The second-order valence-electron chi connectivity index (χ2n) is 11.4. The summed E-state index contributed by atoms with van der Waals surface area (Å²) in [6, 6.07) is 0. The van der Waals surface area contributed by atoms with Crippen molar-refractivity contribution in [2.45, 2.75) is 119 Å². The second-order valence-corrected chi connectivity index (χ2v) is 17.1. The molecule has 6 saturated carbocycles. The average molecular weight is 428 g/mol. The number of hydrogen-bond donors (Lipinski definition) is 0. The Kier molecular flexibility index (Phi) is 9.12. The highest BCUT2D eigenvalue weighted by molar-refractivity contribution is 7.63. The molecule has 0 heterocycles. The van der Waals surface area contributed by atoms with E-state index in [9.17, 15) is 0 Å². The van der Waals surface area contributed by atoms with E-state index in [1.165, 1.54) is 24.2 Å². The molecular weight excluding hydrogens is 384 g/mol. The zero-order valence-electron chi connectivity index (χ0n) is 19.2. The fraction of sp³-hybridized carbons (Fsp3) is 1.00. The second kappa shape index (κ2) is 10.7. The van der Waals surface area contributed by atoms with Gasteiger partial charge >= 0.3 is 0 Å². The lowest BCUT2D eigenvalue weighted by Gasteiger charge is -2.59. The van der Waals surface area contributed by atoms with Crippen LogP contribution in [0.3, 0.4) is 0 Å². The van der Waals surface area contributed by atoms with Crippen LogP contribution in [-0.2, 0) is 0 Å². The molecule has 0 aliphatic heterocycles. The molecule has 0 saturated heterocycles. The summed E-state index contributed by atoms with van der Waals surface area (Å²) in [6.45, 7) is 2.78. The normalized spacial score (nSPS) is 38.5. The van der Waals surface area contributed by atoms with Crippen LogP contribution in [-0.4, -0.2) is 52.3 Å². The van der Waals surface area contributed by atoms with Gasteiger partial charge in [-0.15, -0.1) is 7.92 Å². The summed E-state index contributed by atoms with van der Waals surface area (Å²) in [6.07, 6.45) is 29.0. The van der Waals surface area contributed by atoms with E-state index in [-0.39, 0.29) is 24.7 Å². The summed E-state index contributed by atoms with van der Waals surface area (Å²) in [4.78, 5) is 0. The van der Waals surface area contributed by atoms with Crippen molar-refractivity contribution in [3.63, 3.8) is 0 Å². The molecule has 6 radical (unpaired) electrons. The van der Waals surface area contributed by atoms with Crippen LogP contribution in [0.4, 0.5) is 0 Å². The van der Waals surface area contributed by atoms with Crippen molar-refractivity contribution in [2.75, 3.05) is 19.0 Å². The Morgan fingerprint density at radius 1 is 0.621 bits per heavy atom. The summed E-state index contributed by atoms with van der Waals surface area (Å²) in [5.74, 6) is 3.46. The third-order valence-corrected chi connectivity index (χ3v) is 16.7. The minimum absolute atomic E-state index is 0. The third kappa shape index (κ3) is 5.32. The molecular formula is C25H44B2P2. The van der Waals surface area contributed by atoms with Gasteiger partial charge in [-0.1, -0.05) is 46.4 Å². The molecule has 0 spiro atoms. The summed E-state index contributed by atoms with van der Waals surface area (Å²) < 4.78 is 0. The molecule has 0 aromatic heterocycles. The van der Waals surface area contributed by atoms with E-state index in [0.29, 0.717) is 7.92 Å². The van der Waals surface area contributed by atoms with Crippen molar-refractivity contribution >= 4 is 32.7 Å². The van der Waals surface area contributed by atoms with Crippen LogP contribution in [0.15, 0.2) is 0 Å². The van der Waals surface area contributed by atoms with E-state index >= 15 is 0 Å². The van der Waals surface area contributed by atoms with Gasteiger partial charge in [0.2, 0.25) is 0 Å². The molecule has 4 bridgehead atoms. The Bertz CT molecular complexity index is 446. The predicted octanol–water partition coefficient (Wildman–Crippen LogP) is 7.45. The lowest BCUT2D eigenvalue weighted by atomic mass is 9.56. The van der Waals surface area contributed by atoms with Gasteiger partial charge in [0.25, 0.3) is 0 Å². The maximum absolute atomic E-state index is 2.78. The minimum Gasteiger partial charge on any atom is -0.103 e. The largest absolute Gasteiger partial charge is 0.103 e. The van der Waals surface area contributed by atoms with Crippen molar-refractivity contribution in [3.8, 4) is 0 Å². The lowest BCUT2D eigenvalue weighted by Crippen LogP contribution is -2.49. The van der Waals surface area contributed by atoms with Crippen molar-refractivity contribution in [2.24, 2.45) is 17.8 Å². The molecule has 0 N–H and O–H groups in total. The Hall–Kier alpha value is 0.990. The van der Waals surface area contributed by atoms with E-state index in [1.54, 1.807) is 102 Å². The van der Waals surface area contributed by atoms with Crippen molar-refractivity contribution in [3.05, 3.63) is 0 Å². The molecule has 6 aliphatic rings. The first kappa shape index (κ1) is 24.6. The molecule has 0 aromatic carbocycles. The van der Waals surface area contributed by atoms with Crippen molar-refractivity contribution in [1.82, 2.24) is 0 Å². The first-order chi connectivity index (χ1) is 13.2. The fourth-order valence-electron chi connectivity index (χ4n) is 8.52. The molecule has 1 atom stereocenters. The van der Waals surface area contributed by atoms with Crippen LogP contribution in [0.1, 0.15) is 103 Å². The van der Waals surface area contributed by atoms with Crippen LogP contribution >= 0.6 is 15.8 Å². The van der Waals surface area contributed by atoms with Crippen molar-refractivity contribution in [1.29, 1.82) is 0 Å². The fourth-order valence-corrected chi connectivity index (χ4v) is 16.2. The molecule has 29 heavy (non-hydrogen) atoms. The van der Waals surface area contributed by atoms with Crippen molar-refractivity contribution < 1.29 is 0 Å². The summed E-state index contributed by atoms with van der Waals surface area (Å²) in [5.41, 5.74) is 2.35. The smallest absolute Gasteiger partial charge is 0 e. The topological polar surface area (TPSA) is 0 Å². The Labute approximate surface area is 188 Å². The van der Waals surface area contributed by atoms with Gasteiger partial charge in [-0.25, -0.2) is 0 Å². The highest BCUT2D eigenvalue weighted by atomic mass is 31.1. The first-order valence-corrected chi connectivity index (χ1v) is 16.3. The third-order valence-electron chi connectivity index (χ3n) is 9.60. The Morgan fingerprint density at radius 2 is 1.03 bits per heavy atom. The molecule has 160 valence electrons. The summed E-state index contributed by atoms with van der Waals surface area (Å²) >= 11 is 0.